The molecular formula is C18H22N4O. The van der Waals surface area contributed by atoms with Crippen LogP contribution in [-0.4, -0.2) is 22.3 Å². The fourth-order valence-electron chi connectivity index (χ4n) is 2.17. The van der Waals surface area contributed by atoms with Gasteiger partial charge >= 0.3 is 0 Å². The number of fused-ring (bicyclic) bond motifs is 1. The smallest absolute Gasteiger partial charge is 0.169 e. The van der Waals surface area contributed by atoms with E-state index in [-0.39, 0.29) is 16.8 Å². The molecule has 0 unspecified atom stereocenters. The summed E-state index contributed by atoms with van der Waals surface area (Å²) in [5, 5.41) is 13.4. The van der Waals surface area contributed by atoms with Gasteiger partial charge in [-0.2, -0.15) is 5.26 Å². The largest absolute Gasteiger partial charge is 0.383 e. The van der Waals surface area contributed by atoms with Crippen LogP contribution in [0, 0.1) is 16.7 Å². The lowest BCUT2D eigenvalue weighted by Gasteiger charge is -2.19. The van der Waals surface area contributed by atoms with Crippen LogP contribution in [0.15, 0.2) is 30.1 Å². The van der Waals surface area contributed by atoms with E-state index in [1.54, 1.807) is 12.3 Å². The molecule has 0 fully saturated rings. The molecule has 2 aromatic rings. The first-order chi connectivity index (χ1) is 10.8. The van der Waals surface area contributed by atoms with Gasteiger partial charge in [-0.3, -0.25) is 4.79 Å². The van der Waals surface area contributed by atoms with E-state index in [9.17, 15) is 4.79 Å². The quantitative estimate of drug-likeness (QED) is 0.653. The van der Waals surface area contributed by atoms with Crippen molar-refractivity contribution in [1.29, 1.82) is 5.26 Å². The SMILES string of the molecule is CC(=O)/C(C#N)=C/Cc1c[nH]c2ncc(NCC(C)(C)C)cc12. The van der Waals surface area contributed by atoms with E-state index in [1.807, 2.05) is 18.3 Å². The van der Waals surface area contributed by atoms with Crippen LogP contribution in [0.25, 0.3) is 11.0 Å². The van der Waals surface area contributed by atoms with Crippen molar-refractivity contribution < 1.29 is 4.79 Å². The lowest BCUT2D eigenvalue weighted by Crippen LogP contribution is -2.19. The molecule has 0 amide bonds. The van der Waals surface area contributed by atoms with Gasteiger partial charge in [-0.25, -0.2) is 4.98 Å². The first-order valence-electron chi connectivity index (χ1n) is 7.61. The second kappa shape index (κ2) is 6.66. The molecule has 5 nitrogen and oxygen atoms in total. The van der Waals surface area contributed by atoms with Gasteiger partial charge in [-0.05, 0) is 30.4 Å². The Morgan fingerprint density at radius 3 is 2.83 bits per heavy atom. The molecule has 0 aliphatic carbocycles. The van der Waals surface area contributed by atoms with E-state index >= 15 is 0 Å². The van der Waals surface area contributed by atoms with Gasteiger partial charge in [0.2, 0.25) is 0 Å². The summed E-state index contributed by atoms with van der Waals surface area (Å²) in [6, 6.07) is 3.98. The van der Waals surface area contributed by atoms with Gasteiger partial charge in [0.25, 0.3) is 0 Å². The lowest BCUT2D eigenvalue weighted by atomic mass is 9.97. The Morgan fingerprint density at radius 2 is 2.22 bits per heavy atom. The van der Waals surface area contributed by atoms with E-state index in [1.165, 1.54) is 6.92 Å². The number of carbonyl (C=O) groups is 1. The Balaban J connectivity index is 2.25. The first kappa shape index (κ1) is 16.8. The van der Waals surface area contributed by atoms with Crippen LogP contribution < -0.4 is 5.32 Å². The van der Waals surface area contributed by atoms with Crippen molar-refractivity contribution in [3.63, 3.8) is 0 Å². The van der Waals surface area contributed by atoms with Gasteiger partial charge in [0.15, 0.2) is 5.78 Å². The van der Waals surface area contributed by atoms with Crippen LogP contribution in [0.4, 0.5) is 5.69 Å². The monoisotopic (exact) mass is 310 g/mol. The van der Waals surface area contributed by atoms with Crippen molar-refractivity contribution >= 4 is 22.5 Å². The number of nitriles is 1. The second-order valence-electron chi connectivity index (χ2n) is 6.84. The van der Waals surface area contributed by atoms with E-state index in [0.717, 1.165) is 28.8 Å². The number of anilines is 1. The predicted octanol–water partition coefficient (Wildman–Crippen LogP) is 3.60. The van der Waals surface area contributed by atoms with Gasteiger partial charge in [0, 0.05) is 18.1 Å². The number of rotatable bonds is 5. The number of allylic oxidation sites excluding steroid dienone is 2. The third kappa shape index (κ3) is 4.43. The summed E-state index contributed by atoms with van der Waals surface area (Å²) in [7, 11) is 0. The van der Waals surface area contributed by atoms with Crippen molar-refractivity contribution in [2.45, 2.75) is 34.1 Å². The van der Waals surface area contributed by atoms with Gasteiger partial charge in [0.1, 0.15) is 11.7 Å². The third-order valence-corrected chi connectivity index (χ3v) is 3.47. The molecule has 2 N–H and O–H groups in total. The number of carbonyl (C=O) groups excluding carboxylic acids is 1. The van der Waals surface area contributed by atoms with Gasteiger partial charge in [-0.15, -0.1) is 0 Å². The number of nitrogens with one attached hydrogen (secondary N) is 2. The average Bonchev–Trinajstić information content (AvgIpc) is 2.87. The number of H-pyrrole nitrogens is 1. The number of aromatic nitrogens is 2. The summed E-state index contributed by atoms with van der Waals surface area (Å²) in [5.74, 6) is -0.210. The molecule has 0 atom stereocenters. The summed E-state index contributed by atoms with van der Waals surface area (Å²) >= 11 is 0. The van der Waals surface area contributed by atoms with Crippen LogP contribution in [0.1, 0.15) is 33.3 Å². The fourth-order valence-corrected chi connectivity index (χ4v) is 2.17. The summed E-state index contributed by atoms with van der Waals surface area (Å²) in [6.07, 6.45) is 5.87. The summed E-state index contributed by atoms with van der Waals surface area (Å²) in [4.78, 5) is 18.8. The van der Waals surface area contributed by atoms with Crippen molar-refractivity contribution in [3.05, 3.63) is 35.7 Å². The number of nitrogens with zero attached hydrogens (tertiary/aromatic N) is 2. The fraction of sp³-hybridized carbons (Fsp3) is 0.389. The number of Topliss-reactive ketones (excluding diaryl/α,β-unsaturated/α-hetero) is 1. The average molecular weight is 310 g/mol. The highest BCUT2D eigenvalue weighted by Gasteiger charge is 2.11. The van der Waals surface area contributed by atoms with Crippen molar-refractivity contribution in [3.8, 4) is 6.07 Å². The minimum Gasteiger partial charge on any atom is -0.383 e. The zero-order valence-electron chi connectivity index (χ0n) is 14.0. The molecule has 0 radical (unpaired) electrons. The lowest BCUT2D eigenvalue weighted by molar-refractivity contribution is -0.113. The molecule has 23 heavy (non-hydrogen) atoms. The molecule has 0 bridgehead atoms. The maximum atomic E-state index is 11.3. The van der Waals surface area contributed by atoms with Crippen LogP contribution in [0.2, 0.25) is 0 Å². The Labute approximate surface area is 136 Å². The highest BCUT2D eigenvalue weighted by atomic mass is 16.1. The predicted molar refractivity (Wildman–Crippen MR) is 92.1 cm³/mol. The minimum absolute atomic E-state index is 0.182. The second-order valence-corrected chi connectivity index (χ2v) is 6.84. The van der Waals surface area contributed by atoms with Crippen molar-refractivity contribution in [2.24, 2.45) is 5.41 Å². The number of hydrogen-bond acceptors (Lipinski definition) is 4. The molecule has 5 heteroatoms. The highest BCUT2D eigenvalue weighted by molar-refractivity contribution is 5.97. The Morgan fingerprint density at radius 1 is 1.48 bits per heavy atom. The van der Waals surface area contributed by atoms with E-state index in [0.29, 0.717) is 6.42 Å². The molecule has 2 heterocycles. The van der Waals surface area contributed by atoms with E-state index < -0.39 is 0 Å². The van der Waals surface area contributed by atoms with Crippen LogP contribution in [-0.2, 0) is 11.2 Å². The molecule has 0 aromatic carbocycles. The molecule has 0 aliphatic rings. The van der Waals surface area contributed by atoms with Crippen LogP contribution in [0.5, 0.6) is 0 Å². The molecule has 2 rings (SSSR count). The Bertz CT molecular complexity index is 787. The molecule has 0 saturated carbocycles. The molecule has 0 saturated heterocycles. The Hall–Kier alpha value is -2.61. The summed E-state index contributed by atoms with van der Waals surface area (Å²) < 4.78 is 0. The normalized spacial score (nSPS) is 12.2. The van der Waals surface area contributed by atoms with Crippen LogP contribution >= 0.6 is 0 Å². The standard InChI is InChI=1S/C18H22N4O/c1-12(23)13(8-19)5-6-14-9-20-17-16(14)7-15(10-21-17)22-11-18(2,3)4/h5,7,9-10,22H,6,11H2,1-4H3,(H,20,21)/b13-5+. The summed E-state index contributed by atoms with van der Waals surface area (Å²) in [6.45, 7) is 8.76. The molecule has 120 valence electrons. The molecule has 0 spiro atoms. The maximum Gasteiger partial charge on any atom is 0.169 e. The van der Waals surface area contributed by atoms with Crippen LogP contribution in [0.3, 0.4) is 0 Å². The van der Waals surface area contributed by atoms with Gasteiger partial charge in [-0.1, -0.05) is 26.8 Å². The molecule has 2 aromatic heterocycles. The zero-order valence-corrected chi connectivity index (χ0v) is 14.0. The Kier molecular flexibility index (Phi) is 4.85. The molecular weight excluding hydrogens is 288 g/mol. The number of ketones is 1. The number of hydrogen-bond donors (Lipinski definition) is 2. The summed E-state index contributed by atoms with van der Waals surface area (Å²) in [5.41, 5.74) is 3.15. The number of pyridine rings is 1. The van der Waals surface area contributed by atoms with Gasteiger partial charge < -0.3 is 10.3 Å². The van der Waals surface area contributed by atoms with Crippen molar-refractivity contribution in [1.82, 2.24) is 9.97 Å². The third-order valence-electron chi connectivity index (χ3n) is 3.47. The topological polar surface area (TPSA) is 81.6 Å². The molecule has 0 aliphatic heterocycles. The zero-order chi connectivity index (χ0) is 17.0. The maximum absolute atomic E-state index is 11.3. The van der Waals surface area contributed by atoms with E-state index in [2.05, 4.69) is 36.1 Å². The minimum atomic E-state index is -0.210. The number of aromatic amines is 1. The van der Waals surface area contributed by atoms with Gasteiger partial charge in [0.05, 0.1) is 17.5 Å². The van der Waals surface area contributed by atoms with E-state index in [4.69, 9.17) is 5.26 Å². The first-order valence-corrected chi connectivity index (χ1v) is 7.61. The highest BCUT2D eigenvalue weighted by Crippen LogP contribution is 2.22. The van der Waals surface area contributed by atoms with Crippen molar-refractivity contribution in [2.75, 3.05) is 11.9 Å².